The lowest BCUT2D eigenvalue weighted by molar-refractivity contribution is -0.137. The zero-order valence-electron chi connectivity index (χ0n) is 11.6. The summed E-state index contributed by atoms with van der Waals surface area (Å²) in [6, 6.07) is 3.60. The van der Waals surface area contributed by atoms with Crippen LogP contribution in [0, 0.1) is 0 Å². The van der Waals surface area contributed by atoms with Crippen molar-refractivity contribution in [2.24, 2.45) is 7.05 Å². The predicted molar refractivity (Wildman–Crippen MR) is 71.5 cm³/mol. The zero-order chi connectivity index (χ0) is 16.1. The van der Waals surface area contributed by atoms with Crippen LogP contribution < -0.4 is 4.90 Å². The van der Waals surface area contributed by atoms with Gasteiger partial charge in [0.25, 0.3) is 0 Å². The van der Waals surface area contributed by atoms with Gasteiger partial charge in [0.1, 0.15) is 11.4 Å². The number of carboxylic acid groups (broad SMARTS) is 1. The maximum atomic E-state index is 12.8. The second-order valence-electron chi connectivity index (χ2n) is 5.15. The van der Waals surface area contributed by atoms with Crippen molar-refractivity contribution < 1.29 is 23.1 Å². The van der Waals surface area contributed by atoms with Crippen molar-refractivity contribution in [1.82, 2.24) is 9.78 Å². The summed E-state index contributed by atoms with van der Waals surface area (Å²) in [5.41, 5.74) is 0.640. The quantitative estimate of drug-likeness (QED) is 0.926. The molecule has 5 nitrogen and oxygen atoms in total. The summed E-state index contributed by atoms with van der Waals surface area (Å²) >= 11 is 0. The van der Waals surface area contributed by atoms with Crippen LogP contribution in [-0.2, 0) is 26.3 Å². The molecule has 0 fully saturated rings. The third kappa shape index (κ3) is 2.30. The molecule has 2 aromatic rings. The van der Waals surface area contributed by atoms with Gasteiger partial charge in [0.15, 0.2) is 0 Å². The van der Waals surface area contributed by atoms with Gasteiger partial charge in [-0.3, -0.25) is 4.68 Å². The Kier molecular flexibility index (Phi) is 3.12. The minimum absolute atomic E-state index is 0.0337. The van der Waals surface area contributed by atoms with Gasteiger partial charge in [-0.2, -0.15) is 18.3 Å². The number of hydrogen-bond donors (Lipinski definition) is 1. The van der Waals surface area contributed by atoms with E-state index in [-0.39, 0.29) is 12.1 Å². The first kappa shape index (κ1) is 14.4. The van der Waals surface area contributed by atoms with Crippen LogP contribution in [0.3, 0.4) is 0 Å². The number of halogens is 3. The monoisotopic (exact) mass is 311 g/mol. The van der Waals surface area contributed by atoms with Gasteiger partial charge in [0, 0.05) is 20.1 Å². The molecular weight excluding hydrogens is 299 g/mol. The number of hydrogen-bond acceptors (Lipinski definition) is 3. The number of alkyl halides is 3. The average molecular weight is 311 g/mol. The third-order valence-electron chi connectivity index (χ3n) is 3.69. The van der Waals surface area contributed by atoms with Crippen molar-refractivity contribution in [1.29, 1.82) is 0 Å². The fourth-order valence-electron chi connectivity index (χ4n) is 2.68. The second kappa shape index (κ2) is 4.75. The lowest BCUT2D eigenvalue weighted by Gasteiger charge is -2.18. The van der Waals surface area contributed by atoms with Crippen molar-refractivity contribution in [2.45, 2.75) is 19.3 Å². The van der Waals surface area contributed by atoms with Gasteiger partial charge in [0.2, 0.25) is 0 Å². The highest BCUT2D eigenvalue weighted by Gasteiger charge is 2.33. The minimum atomic E-state index is -4.39. The van der Waals surface area contributed by atoms with Crippen LogP contribution in [0.25, 0.3) is 0 Å². The fraction of sp³-hybridized carbons (Fsp3) is 0.286. The Labute approximate surface area is 123 Å². The molecule has 1 aliphatic rings. The van der Waals surface area contributed by atoms with E-state index in [0.29, 0.717) is 17.9 Å². The van der Waals surface area contributed by atoms with E-state index >= 15 is 0 Å². The molecule has 0 radical (unpaired) electrons. The number of anilines is 1. The number of rotatable bonds is 2. The predicted octanol–water partition coefficient (Wildman–Crippen LogP) is 2.66. The number of aromatic carboxylic acids is 1. The molecule has 0 atom stereocenters. The van der Waals surface area contributed by atoms with Crippen molar-refractivity contribution in [2.75, 3.05) is 4.90 Å². The van der Waals surface area contributed by atoms with Crippen molar-refractivity contribution >= 4 is 11.8 Å². The number of aromatic nitrogens is 2. The molecule has 0 unspecified atom stereocenters. The smallest absolute Gasteiger partial charge is 0.416 e. The van der Waals surface area contributed by atoms with Crippen molar-refractivity contribution in [3.63, 3.8) is 0 Å². The van der Waals surface area contributed by atoms with Crippen molar-refractivity contribution in [3.8, 4) is 0 Å². The Hall–Kier alpha value is -2.51. The van der Waals surface area contributed by atoms with E-state index in [4.69, 9.17) is 0 Å². The summed E-state index contributed by atoms with van der Waals surface area (Å²) in [5.74, 6) is -0.729. The van der Waals surface area contributed by atoms with Crippen LogP contribution in [0.4, 0.5) is 19.0 Å². The standard InChI is InChI=1S/C14H12F3N3O2/c1-19-12(11(5-18-19)13(21)22)20-6-8-2-3-10(14(15,16)17)4-9(8)7-20/h2-5H,6-7H2,1H3,(H,21,22). The Morgan fingerprint density at radius 3 is 2.59 bits per heavy atom. The summed E-state index contributed by atoms with van der Waals surface area (Å²) < 4.78 is 39.7. The van der Waals surface area contributed by atoms with Gasteiger partial charge >= 0.3 is 12.1 Å². The molecule has 1 aromatic heterocycles. The average Bonchev–Trinajstić information content (AvgIpc) is 2.99. The Balaban J connectivity index is 1.95. The molecule has 1 aromatic carbocycles. The number of carboxylic acids is 1. The molecule has 0 saturated heterocycles. The van der Waals surface area contributed by atoms with Gasteiger partial charge in [-0.05, 0) is 23.3 Å². The first-order valence-corrected chi connectivity index (χ1v) is 6.46. The van der Waals surface area contributed by atoms with Gasteiger partial charge < -0.3 is 10.0 Å². The van der Waals surface area contributed by atoms with Crippen LogP contribution in [0.1, 0.15) is 27.0 Å². The highest BCUT2D eigenvalue weighted by molar-refractivity contribution is 5.93. The second-order valence-corrected chi connectivity index (χ2v) is 5.15. The van der Waals surface area contributed by atoms with Crippen molar-refractivity contribution in [3.05, 3.63) is 46.6 Å². The van der Waals surface area contributed by atoms with Crippen LogP contribution in [0.5, 0.6) is 0 Å². The van der Waals surface area contributed by atoms with Crippen LogP contribution in [-0.4, -0.2) is 20.9 Å². The summed E-state index contributed by atoms with van der Waals surface area (Å²) in [6.07, 6.45) is -3.15. The summed E-state index contributed by atoms with van der Waals surface area (Å²) in [7, 11) is 1.60. The molecule has 2 heterocycles. The molecule has 8 heteroatoms. The molecule has 0 bridgehead atoms. The van der Waals surface area contributed by atoms with Gasteiger partial charge in [-0.1, -0.05) is 6.07 Å². The molecule has 1 aliphatic heterocycles. The first-order valence-electron chi connectivity index (χ1n) is 6.46. The molecule has 22 heavy (non-hydrogen) atoms. The van der Waals surface area contributed by atoms with E-state index in [1.807, 2.05) is 0 Å². The largest absolute Gasteiger partial charge is 0.477 e. The van der Waals surface area contributed by atoms with Gasteiger partial charge in [-0.15, -0.1) is 0 Å². The lowest BCUT2D eigenvalue weighted by atomic mass is 10.1. The Morgan fingerprint density at radius 1 is 1.27 bits per heavy atom. The SMILES string of the molecule is Cn1ncc(C(=O)O)c1N1Cc2ccc(C(F)(F)F)cc2C1. The summed E-state index contributed by atoms with van der Waals surface area (Å²) in [5, 5.41) is 13.1. The maximum Gasteiger partial charge on any atom is 0.416 e. The summed E-state index contributed by atoms with van der Waals surface area (Å²) in [6.45, 7) is 0.576. The molecule has 0 aliphatic carbocycles. The van der Waals surface area contributed by atoms with Crippen LogP contribution in [0.2, 0.25) is 0 Å². The molecule has 0 saturated carbocycles. The normalized spacial score (nSPS) is 14.3. The van der Waals surface area contributed by atoms with E-state index < -0.39 is 17.7 Å². The Bertz CT molecular complexity index is 752. The number of aryl methyl sites for hydroxylation is 1. The number of benzene rings is 1. The topological polar surface area (TPSA) is 58.4 Å². The third-order valence-corrected chi connectivity index (χ3v) is 3.69. The Morgan fingerprint density at radius 2 is 1.95 bits per heavy atom. The highest BCUT2D eigenvalue weighted by atomic mass is 19.4. The van der Waals surface area contributed by atoms with E-state index in [9.17, 15) is 23.1 Å². The van der Waals surface area contributed by atoms with Crippen LogP contribution in [0.15, 0.2) is 24.4 Å². The molecule has 3 rings (SSSR count). The minimum Gasteiger partial charge on any atom is -0.477 e. The fourth-order valence-corrected chi connectivity index (χ4v) is 2.68. The number of nitrogens with zero attached hydrogens (tertiary/aromatic N) is 3. The van der Waals surface area contributed by atoms with Crippen LogP contribution >= 0.6 is 0 Å². The van der Waals surface area contributed by atoms with E-state index in [2.05, 4.69) is 5.10 Å². The summed E-state index contributed by atoms with van der Waals surface area (Å²) in [4.78, 5) is 12.9. The van der Waals surface area contributed by atoms with Gasteiger partial charge in [0.05, 0.1) is 11.8 Å². The first-order chi connectivity index (χ1) is 10.3. The van der Waals surface area contributed by atoms with E-state index in [0.717, 1.165) is 17.7 Å². The van der Waals surface area contributed by atoms with E-state index in [1.54, 1.807) is 11.9 Å². The molecule has 116 valence electrons. The molecule has 0 spiro atoms. The molecule has 0 amide bonds. The van der Waals surface area contributed by atoms with E-state index in [1.165, 1.54) is 16.9 Å². The number of carbonyl (C=O) groups is 1. The molecule has 1 N–H and O–H groups in total. The lowest BCUT2D eigenvalue weighted by Crippen LogP contribution is -2.20. The number of fused-ring (bicyclic) bond motifs is 1. The zero-order valence-corrected chi connectivity index (χ0v) is 11.6. The maximum absolute atomic E-state index is 12.8. The molecular formula is C14H12F3N3O2. The van der Waals surface area contributed by atoms with Gasteiger partial charge in [-0.25, -0.2) is 4.79 Å². The highest BCUT2D eigenvalue weighted by Crippen LogP contribution is 2.35.